The van der Waals surface area contributed by atoms with Gasteiger partial charge >= 0.3 is 5.97 Å². The maximum absolute atomic E-state index is 12.9. The van der Waals surface area contributed by atoms with E-state index in [4.69, 9.17) is 9.47 Å². The maximum atomic E-state index is 12.9. The van der Waals surface area contributed by atoms with Gasteiger partial charge in [0.2, 0.25) is 5.91 Å². The Bertz CT molecular complexity index is 922. The van der Waals surface area contributed by atoms with Crippen molar-refractivity contribution in [2.75, 3.05) is 7.11 Å². The molecule has 0 radical (unpaired) electrons. The van der Waals surface area contributed by atoms with Crippen molar-refractivity contribution in [2.45, 2.75) is 130 Å². The monoisotopic (exact) mass is 545 g/mol. The summed E-state index contributed by atoms with van der Waals surface area (Å²) in [7, 11) is 1.37. The van der Waals surface area contributed by atoms with Crippen LogP contribution in [-0.2, 0) is 19.1 Å². The lowest BCUT2D eigenvalue weighted by molar-refractivity contribution is -0.146. The van der Waals surface area contributed by atoms with Gasteiger partial charge in [-0.1, -0.05) is 41.5 Å². The van der Waals surface area contributed by atoms with Crippen LogP contribution >= 0.6 is 0 Å². The van der Waals surface area contributed by atoms with Gasteiger partial charge in [-0.05, 0) is 116 Å². The number of hydrogen-bond acceptors (Lipinski definition) is 5. The molecule has 0 bridgehead atoms. The number of carbonyl (C=O) groups excluding carboxylic acids is 2. The Morgan fingerprint density at radius 3 is 2.44 bits per heavy atom. The van der Waals surface area contributed by atoms with Crippen LogP contribution in [0.3, 0.4) is 0 Å². The van der Waals surface area contributed by atoms with Crippen molar-refractivity contribution >= 4 is 11.9 Å². The van der Waals surface area contributed by atoms with Gasteiger partial charge in [-0.2, -0.15) is 0 Å². The zero-order chi connectivity index (χ0) is 28.3. The smallest absolute Gasteiger partial charge is 0.328 e. The van der Waals surface area contributed by atoms with E-state index in [-0.39, 0.29) is 35.9 Å². The third kappa shape index (κ3) is 4.98. The van der Waals surface area contributed by atoms with Crippen LogP contribution in [0.1, 0.15) is 106 Å². The summed E-state index contributed by atoms with van der Waals surface area (Å²) < 4.78 is 11.7. The third-order valence-electron chi connectivity index (χ3n) is 13.0. The van der Waals surface area contributed by atoms with Gasteiger partial charge in [-0.3, -0.25) is 4.79 Å². The number of nitrogens with one attached hydrogen (secondary N) is 1. The van der Waals surface area contributed by atoms with Crippen LogP contribution in [0.5, 0.6) is 0 Å². The number of esters is 1. The fourth-order valence-electron chi connectivity index (χ4n) is 10.7. The molecule has 0 aromatic carbocycles. The van der Waals surface area contributed by atoms with E-state index in [1.165, 1.54) is 45.6 Å². The van der Waals surface area contributed by atoms with Crippen molar-refractivity contribution in [1.82, 2.24) is 5.32 Å². The van der Waals surface area contributed by atoms with Crippen LogP contribution in [0.4, 0.5) is 0 Å². The van der Waals surface area contributed by atoms with Gasteiger partial charge in [0.15, 0.2) is 0 Å². The topological polar surface area (TPSA) is 84.9 Å². The van der Waals surface area contributed by atoms with Gasteiger partial charge < -0.3 is 19.9 Å². The molecule has 39 heavy (non-hydrogen) atoms. The van der Waals surface area contributed by atoms with Gasteiger partial charge in [-0.25, -0.2) is 4.79 Å². The summed E-state index contributed by atoms with van der Waals surface area (Å²) in [6, 6.07) is -0.603. The SMILES string of the molecule is COC(=O)C(NC(=O)[C@@H](C)CC[C@H]1O[C@H]2C[C@H]3[C@@H]4CC[C@@H]5C[C@@H](O)CC[C@]5(C)[C@H]4CC[C@]3(C)[C@H]2[C@@H]1C)C(C)C. The Morgan fingerprint density at radius 2 is 1.74 bits per heavy atom. The van der Waals surface area contributed by atoms with Crippen LogP contribution in [0.2, 0.25) is 0 Å². The second-order valence-corrected chi connectivity index (χ2v) is 15.2. The minimum absolute atomic E-state index is 0.0164. The predicted octanol–water partition coefficient (Wildman–Crippen LogP) is 5.75. The molecule has 0 aromatic rings. The van der Waals surface area contributed by atoms with E-state index in [1.807, 2.05) is 20.8 Å². The van der Waals surface area contributed by atoms with E-state index < -0.39 is 6.04 Å². The van der Waals surface area contributed by atoms with Crippen LogP contribution in [-0.4, -0.2) is 48.4 Å². The summed E-state index contributed by atoms with van der Waals surface area (Å²) in [6.45, 7) is 13.4. The number of aliphatic hydroxyl groups excluding tert-OH is 1. The molecule has 1 saturated heterocycles. The molecular formula is C33H55NO5. The highest BCUT2D eigenvalue weighted by Crippen LogP contribution is 2.70. The molecule has 0 spiro atoms. The first-order valence-electron chi connectivity index (χ1n) is 16.1. The number of amides is 1. The molecule has 2 N–H and O–H groups in total. The first kappa shape index (κ1) is 29.4. The van der Waals surface area contributed by atoms with E-state index in [1.54, 1.807) is 0 Å². The lowest BCUT2D eigenvalue weighted by Crippen LogP contribution is -2.54. The van der Waals surface area contributed by atoms with Crippen LogP contribution in [0.15, 0.2) is 0 Å². The molecule has 1 amide bonds. The largest absolute Gasteiger partial charge is 0.467 e. The van der Waals surface area contributed by atoms with Crippen molar-refractivity contribution in [3.05, 3.63) is 0 Å². The number of aliphatic hydroxyl groups is 1. The van der Waals surface area contributed by atoms with Crippen LogP contribution in [0.25, 0.3) is 0 Å². The Hall–Kier alpha value is -1.14. The lowest BCUT2D eigenvalue weighted by atomic mass is 9.44. The molecule has 5 fully saturated rings. The summed E-state index contributed by atoms with van der Waals surface area (Å²) in [5, 5.41) is 13.3. The average molecular weight is 546 g/mol. The molecule has 13 atom stereocenters. The molecule has 5 aliphatic rings. The Balaban J connectivity index is 1.20. The molecular weight excluding hydrogens is 490 g/mol. The summed E-state index contributed by atoms with van der Waals surface area (Å²) >= 11 is 0. The number of ether oxygens (including phenoxy) is 2. The predicted molar refractivity (Wildman–Crippen MR) is 152 cm³/mol. The van der Waals surface area contributed by atoms with E-state index in [0.717, 1.165) is 43.4 Å². The Morgan fingerprint density at radius 1 is 1.03 bits per heavy atom. The quantitative estimate of drug-likeness (QED) is 0.398. The zero-order valence-electron chi connectivity index (χ0n) is 25.6. The number of carbonyl (C=O) groups is 2. The number of methoxy groups -OCH3 is 1. The van der Waals surface area contributed by atoms with Crippen LogP contribution in [0, 0.1) is 58.2 Å². The standard InChI is InChI=1S/C33H55NO5/c1-18(2)29(31(37)38-7)34-30(36)19(3)8-11-26-20(4)28-27(39-26)17-25-23-10-9-21-16-22(35)12-14-32(21,5)24(23)13-15-33(25,28)6/h18-29,35H,8-17H2,1-7H3,(H,34,36)/t19-,20+,21+,22-,23+,24-,25-,26+,27-,28-,29?,32-,33-/m0/s1. The molecule has 1 unspecified atom stereocenters. The first-order valence-corrected chi connectivity index (χ1v) is 16.1. The van der Waals surface area contributed by atoms with Crippen molar-refractivity contribution in [1.29, 1.82) is 0 Å². The highest BCUT2D eigenvalue weighted by molar-refractivity contribution is 5.85. The molecule has 4 saturated carbocycles. The average Bonchev–Trinajstić information content (AvgIpc) is 3.38. The molecule has 0 aromatic heterocycles. The number of fused-ring (bicyclic) bond motifs is 7. The van der Waals surface area contributed by atoms with Crippen LogP contribution < -0.4 is 5.32 Å². The van der Waals surface area contributed by atoms with Gasteiger partial charge in [-0.15, -0.1) is 0 Å². The minimum Gasteiger partial charge on any atom is -0.467 e. The van der Waals surface area contributed by atoms with Crippen molar-refractivity contribution < 1.29 is 24.2 Å². The molecule has 6 nitrogen and oxygen atoms in total. The van der Waals surface area contributed by atoms with E-state index >= 15 is 0 Å². The molecule has 1 aliphatic heterocycles. The lowest BCUT2D eigenvalue weighted by Gasteiger charge is -2.61. The van der Waals surface area contributed by atoms with Gasteiger partial charge in [0.25, 0.3) is 0 Å². The summed E-state index contributed by atoms with van der Waals surface area (Å²) in [4.78, 5) is 25.0. The molecule has 1 heterocycles. The fourth-order valence-corrected chi connectivity index (χ4v) is 10.7. The van der Waals surface area contributed by atoms with Gasteiger partial charge in [0, 0.05) is 5.92 Å². The zero-order valence-corrected chi connectivity index (χ0v) is 25.6. The molecule has 5 rings (SSSR count). The van der Waals surface area contributed by atoms with Gasteiger partial charge in [0.05, 0.1) is 25.4 Å². The summed E-state index contributed by atoms with van der Waals surface area (Å²) in [5.41, 5.74) is 0.765. The van der Waals surface area contributed by atoms with Gasteiger partial charge in [0.1, 0.15) is 6.04 Å². The Kier molecular flexibility index (Phi) is 8.23. The first-order chi connectivity index (χ1) is 18.4. The normalized spacial score (nSPS) is 46.4. The van der Waals surface area contributed by atoms with E-state index in [9.17, 15) is 14.7 Å². The fraction of sp³-hybridized carbons (Fsp3) is 0.939. The van der Waals surface area contributed by atoms with Crippen molar-refractivity contribution in [3.8, 4) is 0 Å². The van der Waals surface area contributed by atoms with E-state index in [0.29, 0.717) is 34.7 Å². The molecule has 222 valence electrons. The third-order valence-corrected chi connectivity index (χ3v) is 13.0. The number of hydrogen-bond donors (Lipinski definition) is 2. The van der Waals surface area contributed by atoms with Crippen molar-refractivity contribution in [3.63, 3.8) is 0 Å². The number of rotatable bonds is 7. The second kappa shape index (κ2) is 10.9. The molecule has 4 aliphatic carbocycles. The summed E-state index contributed by atoms with van der Waals surface area (Å²) in [6.07, 6.45) is 11.8. The highest BCUT2D eigenvalue weighted by Gasteiger charge is 2.65. The van der Waals surface area contributed by atoms with Crippen molar-refractivity contribution in [2.24, 2.45) is 58.2 Å². The molecule has 6 heteroatoms. The minimum atomic E-state index is -0.603. The van der Waals surface area contributed by atoms with E-state index in [2.05, 4.69) is 26.1 Å². The maximum Gasteiger partial charge on any atom is 0.328 e. The highest BCUT2D eigenvalue weighted by atomic mass is 16.5. The second-order valence-electron chi connectivity index (χ2n) is 15.2. The summed E-state index contributed by atoms with van der Waals surface area (Å²) in [5.74, 6) is 3.56. The Labute approximate surface area is 236 Å².